The molecule has 0 aromatic heterocycles. The van der Waals surface area contributed by atoms with Gasteiger partial charge in [0.25, 0.3) is 0 Å². The van der Waals surface area contributed by atoms with Gasteiger partial charge in [-0.1, -0.05) is 23.7 Å². The van der Waals surface area contributed by atoms with E-state index < -0.39 is 0 Å². The topological polar surface area (TPSA) is 3.01 Å². The third kappa shape index (κ3) is 3.95. The summed E-state index contributed by atoms with van der Waals surface area (Å²) in [6.45, 7) is 2.20. The minimum Gasteiger partial charge on any atom is -0.236 e. The van der Waals surface area contributed by atoms with Crippen LogP contribution in [0.25, 0.3) is 5.03 Å². The van der Waals surface area contributed by atoms with Crippen molar-refractivity contribution < 1.29 is 8.97 Å². The first-order chi connectivity index (χ1) is 8.75. The van der Waals surface area contributed by atoms with E-state index in [2.05, 4.69) is 10.8 Å². The lowest BCUT2D eigenvalue weighted by Gasteiger charge is -1.99. The number of benzene rings is 1. The predicted octanol–water partition coefficient (Wildman–Crippen LogP) is 4.06. The van der Waals surface area contributed by atoms with Gasteiger partial charge in [0, 0.05) is 18.9 Å². The average Bonchev–Trinajstić information content (AvgIpc) is 2.65. The highest BCUT2D eigenvalue weighted by molar-refractivity contribution is 6.49. The molecule has 3 heteroatoms. The van der Waals surface area contributed by atoms with E-state index in [-0.39, 0.29) is 5.82 Å². The van der Waals surface area contributed by atoms with Crippen molar-refractivity contribution in [1.82, 2.24) is 0 Å². The van der Waals surface area contributed by atoms with Crippen molar-refractivity contribution in [3.05, 3.63) is 41.7 Å². The zero-order chi connectivity index (χ0) is 12.8. The average molecular weight is 267 g/mol. The van der Waals surface area contributed by atoms with Crippen molar-refractivity contribution in [1.29, 1.82) is 0 Å². The van der Waals surface area contributed by atoms with Crippen molar-refractivity contribution in [2.75, 3.05) is 13.1 Å². The van der Waals surface area contributed by atoms with Crippen LogP contribution in [0.2, 0.25) is 0 Å². The number of halogens is 2. The smallest absolute Gasteiger partial charge is 0.164 e. The van der Waals surface area contributed by atoms with Gasteiger partial charge in [-0.15, -0.1) is 0 Å². The van der Waals surface area contributed by atoms with E-state index in [1.807, 2.05) is 6.08 Å². The van der Waals surface area contributed by atoms with Crippen LogP contribution in [-0.4, -0.2) is 23.9 Å². The van der Waals surface area contributed by atoms with Gasteiger partial charge >= 0.3 is 0 Å². The molecule has 0 N–H and O–H groups in total. The normalized spacial score (nSPS) is 17.4. The zero-order valence-corrected chi connectivity index (χ0v) is 11.2. The second-order valence-electron chi connectivity index (χ2n) is 4.62. The molecular formula is C15H18ClFN+. The van der Waals surface area contributed by atoms with Crippen LogP contribution in [0.15, 0.2) is 30.3 Å². The third-order valence-electron chi connectivity index (χ3n) is 3.19. The summed E-state index contributed by atoms with van der Waals surface area (Å²) >= 11 is 6.20. The van der Waals surface area contributed by atoms with Gasteiger partial charge in [-0.05, 0) is 30.5 Å². The Labute approximate surface area is 113 Å². The van der Waals surface area contributed by atoms with Crippen LogP contribution < -0.4 is 0 Å². The highest BCUT2D eigenvalue weighted by Gasteiger charge is 2.08. The number of nitrogens with zero attached hydrogens (tertiary/aromatic N) is 1. The van der Waals surface area contributed by atoms with Gasteiger partial charge in [-0.2, -0.15) is 0 Å². The molecule has 2 rings (SSSR count). The summed E-state index contributed by atoms with van der Waals surface area (Å²) in [6.07, 6.45) is 9.09. The Morgan fingerprint density at radius 2 is 1.67 bits per heavy atom. The van der Waals surface area contributed by atoms with Gasteiger partial charge in [-0.25, -0.2) is 8.97 Å². The summed E-state index contributed by atoms with van der Waals surface area (Å²) in [5, 5.41) is 0.652. The number of rotatable bonds is 2. The van der Waals surface area contributed by atoms with Crippen LogP contribution >= 0.6 is 11.6 Å². The number of hydrogen-bond acceptors (Lipinski definition) is 0. The van der Waals surface area contributed by atoms with Crippen molar-refractivity contribution in [3.63, 3.8) is 0 Å². The van der Waals surface area contributed by atoms with Crippen LogP contribution in [0, 0.1) is 5.82 Å². The molecule has 0 radical (unpaired) electrons. The van der Waals surface area contributed by atoms with E-state index in [1.54, 1.807) is 12.1 Å². The first-order valence-corrected chi connectivity index (χ1v) is 6.84. The first-order valence-electron chi connectivity index (χ1n) is 6.46. The first kappa shape index (κ1) is 13.3. The highest BCUT2D eigenvalue weighted by Crippen LogP contribution is 2.18. The molecule has 1 aliphatic rings. The van der Waals surface area contributed by atoms with E-state index in [0.29, 0.717) is 5.03 Å². The van der Waals surface area contributed by atoms with Crippen LogP contribution in [0.1, 0.15) is 31.2 Å². The van der Waals surface area contributed by atoms with E-state index in [4.69, 9.17) is 11.6 Å². The van der Waals surface area contributed by atoms with Gasteiger partial charge in [0.05, 0.1) is 5.03 Å². The fourth-order valence-corrected chi connectivity index (χ4v) is 2.30. The van der Waals surface area contributed by atoms with Gasteiger partial charge in [0.15, 0.2) is 6.21 Å². The van der Waals surface area contributed by atoms with Crippen molar-refractivity contribution in [2.24, 2.45) is 0 Å². The molecule has 1 aromatic rings. The fourth-order valence-electron chi connectivity index (χ4n) is 2.12. The van der Waals surface area contributed by atoms with Crippen LogP contribution in [0.4, 0.5) is 4.39 Å². The molecule has 0 saturated carbocycles. The molecule has 0 atom stereocenters. The van der Waals surface area contributed by atoms with Crippen LogP contribution in [0.5, 0.6) is 0 Å². The molecule has 0 aliphatic carbocycles. The second kappa shape index (κ2) is 6.69. The molecule has 1 heterocycles. The van der Waals surface area contributed by atoms with Gasteiger partial charge in [0.1, 0.15) is 18.9 Å². The van der Waals surface area contributed by atoms with E-state index in [1.165, 1.54) is 37.8 Å². The lowest BCUT2D eigenvalue weighted by Crippen LogP contribution is -2.13. The summed E-state index contributed by atoms with van der Waals surface area (Å²) < 4.78 is 15.1. The Balaban J connectivity index is 2.07. The van der Waals surface area contributed by atoms with Crippen LogP contribution in [-0.2, 0) is 0 Å². The third-order valence-corrected chi connectivity index (χ3v) is 3.54. The molecule has 0 bridgehead atoms. The maximum absolute atomic E-state index is 12.8. The molecule has 0 unspecified atom stereocenters. The van der Waals surface area contributed by atoms with Gasteiger partial charge in [0.2, 0.25) is 0 Å². The molecule has 1 fully saturated rings. The minimum atomic E-state index is -0.236. The van der Waals surface area contributed by atoms with Crippen molar-refractivity contribution in [2.45, 2.75) is 25.7 Å². The highest BCUT2D eigenvalue weighted by atomic mass is 35.5. The monoisotopic (exact) mass is 266 g/mol. The maximum Gasteiger partial charge on any atom is 0.164 e. The minimum absolute atomic E-state index is 0.236. The van der Waals surface area contributed by atoms with Crippen molar-refractivity contribution in [3.8, 4) is 0 Å². The fraction of sp³-hybridized carbons (Fsp3) is 0.400. The standard InChI is InChI=1S/C15H18ClFN/c16-15(13-5-7-14(17)8-6-13)9-12-18-10-3-1-2-4-11-18/h5-9,12H,1-4,10-11H2/q+1/b15-9-. The molecule has 96 valence electrons. The Kier molecular flexibility index (Phi) is 4.94. The zero-order valence-electron chi connectivity index (χ0n) is 10.4. The summed E-state index contributed by atoms with van der Waals surface area (Å²) in [6, 6.07) is 6.25. The lowest BCUT2D eigenvalue weighted by molar-refractivity contribution is -0.520. The van der Waals surface area contributed by atoms with Crippen LogP contribution in [0.3, 0.4) is 0 Å². The molecule has 1 nitrogen and oxygen atoms in total. The Bertz CT molecular complexity index is 438. The van der Waals surface area contributed by atoms with E-state index >= 15 is 0 Å². The molecule has 18 heavy (non-hydrogen) atoms. The Morgan fingerprint density at radius 1 is 1.06 bits per heavy atom. The molecule has 1 aromatic carbocycles. The number of allylic oxidation sites excluding steroid dienone is 1. The Hall–Kier alpha value is -1.15. The predicted molar refractivity (Wildman–Crippen MR) is 74.8 cm³/mol. The maximum atomic E-state index is 12.8. The summed E-state index contributed by atoms with van der Waals surface area (Å²) in [5.74, 6) is -0.236. The summed E-state index contributed by atoms with van der Waals surface area (Å²) in [7, 11) is 0. The molecule has 0 amide bonds. The molecule has 0 spiro atoms. The summed E-state index contributed by atoms with van der Waals surface area (Å²) in [5.41, 5.74) is 0.851. The summed E-state index contributed by atoms with van der Waals surface area (Å²) in [4.78, 5) is 0. The van der Waals surface area contributed by atoms with E-state index in [0.717, 1.165) is 18.7 Å². The molecule has 1 saturated heterocycles. The van der Waals surface area contributed by atoms with Gasteiger partial charge < -0.3 is 0 Å². The molecule has 1 aliphatic heterocycles. The quantitative estimate of drug-likeness (QED) is 0.710. The Morgan fingerprint density at radius 3 is 2.28 bits per heavy atom. The largest absolute Gasteiger partial charge is 0.236 e. The van der Waals surface area contributed by atoms with E-state index in [9.17, 15) is 4.39 Å². The second-order valence-corrected chi connectivity index (χ2v) is 5.03. The number of hydrogen-bond donors (Lipinski definition) is 0. The SMILES string of the molecule is Fc1ccc(/C(Cl)=C/C=[N+]2CCCCCC2)cc1. The molecular weight excluding hydrogens is 249 g/mol. The van der Waals surface area contributed by atoms with Gasteiger partial charge in [-0.3, -0.25) is 0 Å². The lowest BCUT2D eigenvalue weighted by atomic mass is 10.2. The van der Waals surface area contributed by atoms with Crippen molar-refractivity contribution >= 4 is 22.8 Å².